The highest BCUT2D eigenvalue weighted by Crippen LogP contribution is 2.32. The second kappa shape index (κ2) is 6.32. The number of nitrogens with one attached hydrogen (secondary N) is 2. The van der Waals surface area contributed by atoms with Gasteiger partial charge in [-0.2, -0.15) is 0 Å². The number of carbonyl (C=O) groups is 2. The number of nitro groups is 1. The maximum atomic E-state index is 12.3. The van der Waals surface area contributed by atoms with Gasteiger partial charge < -0.3 is 10.6 Å². The average molecular weight is 343 g/mol. The van der Waals surface area contributed by atoms with Crippen molar-refractivity contribution in [1.29, 1.82) is 0 Å². The van der Waals surface area contributed by atoms with Crippen LogP contribution in [0.4, 0.5) is 17.1 Å². The zero-order chi connectivity index (χ0) is 17.3. The van der Waals surface area contributed by atoms with E-state index in [2.05, 4.69) is 10.6 Å². The third kappa shape index (κ3) is 3.23. The molecule has 24 heavy (non-hydrogen) atoms. The molecule has 2 amide bonds. The molecule has 0 radical (unpaired) electrons. The van der Waals surface area contributed by atoms with Crippen LogP contribution in [0.15, 0.2) is 41.3 Å². The van der Waals surface area contributed by atoms with Crippen molar-refractivity contribution in [3.05, 3.63) is 57.6 Å². The number of nitrogens with zero attached hydrogens (tertiary/aromatic N) is 1. The number of anilines is 2. The van der Waals surface area contributed by atoms with Gasteiger partial charge in [0, 0.05) is 27.8 Å². The first-order valence-electron chi connectivity index (χ1n) is 7.07. The molecule has 0 unspecified atom stereocenters. The van der Waals surface area contributed by atoms with Crippen LogP contribution >= 0.6 is 11.8 Å². The van der Waals surface area contributed by atoms with E-state index in [1.54, 1.807) is 37.3 Å². The molecular weight excluding hydrogens is 330 g/mol. The van der Waals surface area contributed by atoms with Crippen molar-refractivity contribution >= 4 is 40.6 Å². The van der Waals surface area contributed by atoms with Crippen molar-refractivity contribution in [3.8, 4) is 0 Å². The molecule has 122 valence electrons. The monoisotopic (exact) mass is 343 g/mol. The van der Waals surface area contributed by atoms with Gasteiger partial charge in [-0.15, -0.1) is 11.8 Å². The fourth-order valence-electron chi connectivity index (χ4n) is 2.31. The molecule has 0 bridgehead atoms. The minimum atomic E-state index is -0.489. The first kappa shape index (κ1) is 16.0. The summed E-state index contributed by atoms with van der Waals surface area (Å²) in [5.74, 6) is -0.161. The van der Waals surface area contributed by atoms with Crippen molar-refractivity contribution in [1.82, 2.24) is 0 Å². The minimum absolute atomic E-state index is 0.0538. The summed E-state index contributed by atoms with van der Waals surface area (Å²) in [7, 11) is 0. The fraction of sp³-hybridized carbons (Fsp3) is 0.125. The van der Waals surface area contributed by atoms with Crippen molar-refractivity contribution < 1.29 is 14.5 Å². The van der Waals surface area contributed by atoms with E-state index in [-0.39, 0.29) is 11.6 Å². The number of benzene rings is 2. The van der Waals surface area contributed by atoms with Crippen molar-refractivity contribution in [3.63, 3.8) is 0 Å². The van der Waals surface area contributed by atoms with Gasteiger partial charge in [-0.25, -0.2) is 0 Å². The molecule has 2 N–H and O–H groups in total. The van der Waals surface area contributed by atoms with Gasteiger partial charge in [-0.1, -0.05) is 6.07 Å². The number of rotatable bonds is 3. The highest BCUT2D eigenvalue weighted by molar-refractivity contribution is 8.00. The summed E-state index contributed by atoms with van der Waals surface area (Å²) in [5.41, 5.74) is 1.76. The van der Waals surface area contributed by atoms with E-state index in [0.29, 0.717) is 28.3 Å². The summed E-state index contributed by atoms with van der Waals surface area (Å²) in [6.07, 6.45) is 0. The van der Waals surface area contributed by atoms with E-state index in [1.807, 2.05) is 0 Å². The maximum absolute atomic E-state index is 12.3. The number of hydrogen-bond acceptors (Lipinski definition) is 5. The summed E-state index contributed by atoms with van der Waals surface area (Å²) >= 11 is 1.41. The zero-order valence-corrected chi connectivity index (χ0v) is 13.5. The second-order valence-electron chi connectivity index (χ2n) is 5.26. The van der Waals surface area contributed by atoms with Crippen molar-refractivity contribution in [2.75, 3.05) is 16.4 Å². The lowest BCUT2D eigenvalue weighted by molar-refractivity contribution is -0.385. The summed E-state index contributed by atoms with van der Waals surface area (Å²) in [6.45, 7) is 1.63. The predicted molar refractivity (Wildman–Crippen MR) is 91.6 cm³/mol. The number of fused-ring (bicyclic) bond motifs is 1. The summed E-state index contributed by atoms with van der Waals surface area (Å²) in [6, 6.07) is 9.53. The molecule has 0 saturated carbocycles. The van der Waals surface area contributed by atoms with E-state index >= 15 is 0 Å². The number of hydrogen-bond donors (Lipinski definition) is 2. The highest BCUT2D eigenvalue weighted by atomic mass is 32.2. The topological polar surface area (TPSA) is 101 Å². The molecule has 8 heteroatoms. The van der Waals surface area contributed by atoms with E-state index in [0.717, 1.165) is 4.90 Å². The Hall–Kier alpha value is -2.87. The molecular formula is C16H13N3O4S. The number of amides is 2. The Kier molecular flexibility index (Phi) is 4.22. The van der Waals surface area contributed by atoms with Crippen LogP contribution in [-0.2, 0) is 4.79 Å². The molecule has 2 aromatic rings. The number of nitro benzene ring substituents is 1. The lowest BCUT2D eigenvalue weighted by atomic mass is 10.1. The molecule has 1 aliphatic heterocycles. The molecule has 0 fully saturated rings. The Morgan fingerprint density at radius 1 is 1.29 bits per heavy atom. The average Bonchev–Trinajstić information content (AvgIpc) is 2.55. The van der Waals surface area contributed by atoms with Crippen LogP contribution in [0.25, 0.3) is 0 Å². The molecule has 7 nitrogen and oxygen atoms in total. The van der Waals surface area contributed by atoms with Crippen molar-refractivity contribution in [2.45, 2.75) is 11.8 Å². The smallest absolute Gasteiger partial charge is 0.274 e. The first-order chi connectivity index (χ1) is 11.4. The fourth-order valence-corrected chi connectivity index (χ4v) is 3.10. The van der Waals surface area contributed by atoms with E-state index in [4.69, 9.17) is 0 Å². The molecule has 1 heterocycles. The van der Waals surface area contributed by atoms with Gasteiger partial charge in [-0.3, -0.25) is 19.7 Å². The van der Waals surface area contributed by atoms with Gasteiger partial charge >= 0.3 is 0 Å². The first-order valence-corrected chi connectivity index (χ1v) is 8.06. The van der Waals surface area contributed by atoms with Crippen LogP contribution < -0.4 is 10.6 Å². The van der Waals surface area contributed by atoms with E-state index < -0.39 is 10.8 Å². The van der Waals surface area contributed by atoms with Gasteiger partial charge in [-0.05, 0) is 31.2 Å². The SMILES string of the molecule is Cc1ccc(NC(=O)c2ccc3c(c2)NC(=O)CS3)cc1[N+](=O)[O-]. The van der Waals surface area contributed by atoms with Crippen LogP contribution in [0.2, 0.25) is 0 Å². The van der Waals surface area contributed by atoms with Gasteiger partial charge in [0.25, 0.3) is 11.6 Å². The molecule has 3 rings (SSSR count). The largest absolute Gasteiger partial charge is 0.324 e. The van der Waals surface area contributed by atoms with Gasteiger partial charge in [0.1, 0.15) is 0 Å². The van der Waals surface area contributed by atoms with Crippen LogP contribution in [0, 0.1) is 17.0 Å². The molecule has 0 aromatic heterocycles. The molecule has 1 aliphatic rings. The van der Waals surface area contributed by atoms with Crippen LogP contribution in [-0.4, -0.2) is 22.5 Å². The summed E-state index contributed by atoms with van der Waals surface area (Å²) in [4.78, 5) is 35.2. The lowest BCUT2D eigenvalue weighted by Crippen LogP contribution is -2.20. The molecule has 0 spiro atoms. The minimum Gasteiger partial charge on any atom is -0.324 e. The molecule has 0 atom stereocenters. The Morgan fingerprint density at radius 2 is 2.08 bits per heavy atom. The summed E-state index contributed by atoms with van der Waals surface area (Å²) < 4.78 is 0. The normalized spacial score (nSPS) is 13.0. The third-order valence-corrected chi connectivity index (χ3v) is 4.61. The second-order valence-corrected chi connectivity index (χ2v) is 6.28. The van der Waals surface area contributed by atoms with Gasteiger partial charge in [0.15, 0.2) is 0 Å². The Balaban J connectivity index is 1.83. The quantitative estimate of drug-likeness (QED) is 0.658. The Morgan fingerprint density at radius 3 is 2.83 bits per heavy atom. The van der Waals surface area contributed by atoms with Crippen molar-refractivity contribution in [2.24, 2.45) is 0 Å². The molecule has 0 aliphatic carbocycles. The third-order valence-electron chi connectivity index (χ3n) is 3.54. The molecule has 0 saturated heterocycles. The Labute approximate surface area is 141 Å². The molecule has 2 aromatic carbocycles. The van der Waals surface area contributed by atoms with E-state index in [1.165, 1.54) is 17.8 Å². The predicted octanol–water partition coefficient (Wildman–Crippen LogP) is 3.20. The standard InChI is InChI=1S/C16H13N3O4S/c1-9-2-4-11(7-13(9)19(22)23)17-16(21)10-3-5-14-12(6-10)18-15(20)8-24-14/h2-7H,8H2,1H3,(H,17,21)(H,18,20). The summed E-state index contributed by atoms with van der Waals surface area (Å²) in [5, 5.41) is 16.3. The van der Waals surface area contributed by atoms with E-state index in [9.17, 15) is 19.7 Å². The number of thioether (sulfide) groups is 1. The van der Waals surface area contributed by atoms with Crippen LogP contribution in [0.5, 0.6) is 0 Å². The number of aryl methyl sites for hydroxylation is 1. The maximum Gasteiger partial charge on any atom is 0.274 e. The zero-order valence-electron chi connectivity index (χ0n) is 12.7. The van der Waals surface area contributed by atoms with Crippen LogP contribution in [0.3, 0.4) is 0 Å². The lowest BCUT2D eigenvalue weighted by Gasteiger charge is -2.17. The van der Waals surface area contributed by atoms with Gasteiger partial charge in [0.05, 0.1) is 16.4 Å². The van der Waals surface area contributed by atoms with Crippen LogP contribution in [0.1, 0.15) is 15.9 Å². The Bertz CT molecular complexity index is 866. The highest BCUT2D eigenvalue weighted by Gasteiger charge is 2.18. The number of carbonyl (C=O) groups excluding carboxylic acids is 2. The van der Waals surface area contributed by atoms with Gasteiger partial charge in [0.2, 0.25) is 5.91 Å².